The van der Waals surface area contributed by atoms with E-state index >= 15 is 0 Å². The number of benzene rings is 2. The number of anilines is 1. The van der Waals surface area contributed by atoms with Gasteiger partial charge in [0.15, 0.2) is 6.61 Å². The maximum Gasteiger partial charge on any atom is 0.338 e. The molecule has 6 nitrogen and oxygen atoms in total. The fraction of sp³-hybridized carbons (Fsp3) is 0.167. The van der Waals surface area contributed by atoms with Gasteiger partial charge in [0.25, 0.3) is 5.91 Å². The third-order valence-corrected chi connectivity index (χ3v) is 3.57. The molecule has 0 saturated carbocycles. The molecule has 1 N–H and O–H groups in total. The van der Waals surface area contributed by atoms with Gasteiger partial charge in [0.05, 0.1) is 18.2 Å². The Balaban J connectivity index is 1.90. The quantitative estimate of drug-likeness (QED) is 0.827. The minimum atomic E-state index is -0.667. The summed E-state index contributed by atoms with van der Waals surface area (Å²) < 4.78 is 9.53. The molecule has 1 amide bonds. The molecule has 0 saturated heterocycles. The maximum absolute atomic E-state index is 11.9. The van der Waals surface area contributed by atoms with E-state index in [0.29, 0.717) is 16.3 Å². The molecule has 0 aromatic heterocycles. The Labute approximate surface area is 149 Å². The molecule has 25 heavy (non-hydrogen) atoms. The second-order valence-corrected chi connectivity index (χ2v) is 5.59. The smallest absolute Gasteiger partial charge is 0.338 e. The van der Waals surface area contributed by atoms with E-state index in [9.17, 15) is 14.4 Å². The van der Waals surface area contributed by atoms with Crippen LogP contribution < -0.4 is 5.32 Å². The number of hydrogen-bond donors (Lipinski definition) is 1. The fourth-order valence-electron chi connectivity index (χ4n) is 2.03. The van der Waals surface area contributed by atoms with Gasteiger partial charge in [0.2, 0.25) is 0 Å². The zero-order valence-corrected chi connectivity index (χ0v) is 14.4. The molecular weight excluding hydrogens is 346 g/mol. The van der Waals surface area contributed by atoms with Gasteiger partial charge in [0.1, 0.15) is 0 Å². The first-order valence-corrected chi connectivity index (χ1v) is 7.70. The maximum atomic E-state index is 11.9. The molecule has 0 aliphatic rings. The molecule has 7 heteroatoms. The number of ether oxygens (including phenoxy) is 2. The van der Waals surface area contributed by atoms with Crippen molar-refractivity contribution >= 4 is 35.1 Å². The molecule has 130 valence electrons. The average Bonchev–Trinajstić information content (AvgIpc) is 2.61. The first-order chi connectivity index (χ1) is 11.9. The summed E-state index contributed by atoms with van der Waals surface area (Å²) in [6.45, 7) is 1.37. The highest BCUT2D eigenvalue weighted by atomic mass is 35.5. The minimum Gasteiger partial charge on any atom is -0.465 e. The third kappa shape index (κ3) is 5.06. The van der Waals surface area contributed by atoms with Crippen LogP contribution in [0.25, 0.3) is 0 Å². The van der Waals surface area contributed by atoms with Gasteiger partial charge in [-0.3, -0.25) is 4.79 Å². The number of halogens is 1. The standard InChI is InChI=1S/C18H16ClNO5/c1-11-9-14(19)7-8-15(11)20-16(21)10-25-18(23)13-5-3-12(4-6-13)17(22)24-2/h3-9H,10H2,1-2H3,(H,20,21). The van der Waals surface area contributed by atoms with Gasteiger partial charge in [-0.05, 0) is 55.0 Å². The van der Waals surface area contributed by atoms with Gasteiger partial charge in [-0.2, -0.15) is 0 Å². The van der Waals surface area contributed by atoms with Crippen LogP contribution in [-0.2, 0) is 14.3 Å². The van der Waals surface area contributed by atoms with Gasteiger partial charge in [-0.1, -0.05) is 11.6 Å². The third-order valence-electron chi connectivity index (χ3n) is 3.34. The molecule has 2 aromatic rings. The van der Waals surface area contributed by atoms with Crippen molar-refractivity contribution in [1.29, 1.82) is 0 Å². The topological polar surface area (TPSA) is 81.7 Å². The van der Waals surface area contributed by atoms with E-state index in [2.05, 4.69) is 10.1 Å². The van der Waals surface area contributed by atoms with Crippen molar-refractivity contribution in [1.82, 2.24) is 0 Å². The molecular formula is C18H16ClNO5. The Kier molecular flexibility index (Phi) is 6.14. The van der Waals surface area contributed by atoms with E-state index in [4.69, 9.17) is 16.3 Å². The molecule has 0 atom stereocenters. The molecule has 0 aliphatic carbocycles. The van der Waals surface area contributed by atoms with Crippen LogP contribution in [0.1, 0.15) is 26.3 Å². The van der Waals surface area contributed by atoms with Crippen LogP contribution in [0, 0.1) is 6.92 Å². The molecule has 0 unspecified atom stereocenters. The number of carbonyl (C=O) groups is 3. The Morgan fingerprint density at radius 2 is 1.60 bits per heavy atom. The lowest BCUT2D eigenvalue weighted by Gasteiger charge is -2.09. The van der Waals surface area contributed by atoms with Crippen molar-refractivity contribution in [3.63, 3.8) is 0 Å². The molecule has 2 aromatic carbocycles. The van der Waals surface area contributed by atoms with Crippen LogP contribution in [0.4, 0.5) is 5.69 Å². The summed E-state index contributed by atoms with van der Waals surface area (Å²) in [7, 11) is 1.27. The number of amides is 1. The molecule has 0 fully saturated rings. The van der Waals surface area contributed by atoms with E-state index in [1.54, 1.807) is 25.1 Å². The largest absolute Gasteiger partial charge is 0.465 e. The average molecular weight is 362 g/mol. The van der Waals surface area contributed by atoms with E-state index in [1.165, 1.54) is 31.4 Å². The van der Waals surface area contributed by atoms with Crippen LogP contribution in [0.3, 0.4) is 0 Å². The van der Waals surface area contributed by atoms with Crippen LogP contribution in [0.5, 0.6) is 0 Å². The second kappa shape index (κ2) is 8.30. The first kappa shape index (κ1) is 18.5. The monoisotopic (exact) mass is 361 g/mol. The van der Waals surface area contributed by atoms with Crippen LogP contribution in [0.15, 0.2) is 42.5 Å². The van der Waals surface area contributed by atoms with Crippen LogP contribution >= 0.6 is 11.6 Å². The summed E-state index contributed by atoms with van der Waals surface area (Å²) in [5, 5.41) is 3.21. The van der Waals surface area contributed by atoms with Crippen LogP contribution in [-0.4, -0.2) is 31.6 Å². The molecule has 0 bridgehead atoms. The molecule has 0 radical (unpaired) electrons. The highest BCUT2D eigenvalue weighted by molar-refractivity contribution is 6.30. The van der Waals surface area contributed by atoms with Crippen molar-refractivity contribution in [3.05, 3.63) is 64.2 Å². The summed E-state index contributed by atoms with van der Waals surface area (Å²) in [6.07, 6.45) is 0. The summed E-state index contributed by atoms with van der Waals surface area (Å²) in [5.74, 6) is -1.64. The van der Waals surface area contributed by atoms with Crippen molar-refractivity contribution in [3.8, 4) is 0 Å². The number of carbonyl (C=O) groups excluding carboxylic acids is 3. The lowest BCUT2D eigenvalue weighted by molar-refractivity contribution is -0.119. The molecule has 0 heterocycles. The summed E-state index contributed by atoms with van der Waals surface area (Å²) in [6, 6.07) is 10.8. The fourth-order valence-corrected chi connectivity index (χ4v) is 2.25. The lowest BCUT2D eigenvalue weighted by atomic mass is 10.1. The second-order valence-electron chi connectivity index (χ2n) is 5.15. The van der Waals surface area contributed by atoms with Crippen molar-refractivity contribution in [2.24, 2.45) is 0 Å². The minimum absolute atomic E-state index is 0.225. The summed E-state index contributed by atoms with van der Waals surface area (Å²) in [5.41, 5.74) is 1.93. The first-order valence-electron chi connectivity index (χ1n) is 7.32. The number of aryl methyl sites for hydroxylation is 1. The molecule has 0 spiro atoms. The number of methoxy groups -OCH3 is 1. The molecule has 2 rings (SSSR count). The normalized spacial score (nSPS) is 10.0. The van der Waals surface area contributed by atoms with Gasteiger partial charge in [-0.15, -0.1) is 0 Å². The van der Waals surface area contributed by atoms with Crippen molar-refractivity contribution in [2.75, 3.05) is 19.0 Å². The highest BCUT2D eigenvalue weighted by Gasteiger charge is 2.12. The van der Waals surface area contributed by atoms with E-state index in [1.807, 2.05) is 0 Å². The number of nitrogens with one attached hydrogen (secondary N) is 1. The van der Waals surface area contributed by atoms with Crippen molar-refractivity contribution < 1.29 is 23.9 Å². The number of esters is 2. The predicted octanol–water partition coefficient (Wildman–Crippen LogP) is 3.23. The lowest BCUT2D eigenvalue weighted by Crippen LogP contribution is -2.21. The summed E-state index contributed by atoms with van der Waals surface area (Å²) in [4.78, 5) is 35.1. The zero-order chi connectivity index (χ0) is 18.4. The summed E-state index contributed by atoms with van der Waals surface area (Å²) >= 11 is 5.85. The van der Waals surface area contributed by atoms with Gasteiger partial charge >= 0.3 is 11.9 Å². The Morgan fingerprint density at radius 1 is 1.00 bits per heavy atom. The Morgan fingerprint density at radius 3 is 2.16 bits per heavy atom. The van der Waals surface area contributed by atoms with Gasteiger partial charge in [-0.25, -0.2) is 9.59 Å². The number of hydrogen-bond acceptors (Lipinski definition) is 5. The van der Waals surface area contributed by atoms with Gasteiger partial charge in [0, 0.05) is 10.7 Å². The van der Waals surface area contributed by atoms with Crippen molar-refractivity contribution in [2.45, 2.75) is 6.92 Å². The van der Waals surface area contributed by atoms with Crippen LogP contribution in [0.2, 0.25) is 5.02 Å². The van der Waals surface area contributed by atoms with E-state index < -0.39 is 24.5 Å². The van der Waals surface area contributed by atoms with E-state index in [0.717, 1.165) is 5.56 Å². The number of rotatable bonds is 5. The highest BCUT2D eigenvalue weighted by Crippen LogP contribution is 2.19. The van der Waals surface area contributed by atoms with E-state index in [-0.39, 0.29) is 5.56 Å². The molecule has 0 aliphatic heterocycles. The van der Waals surface area contributed by atoms with Gasteiger partial charge < -0.3 is 14.8 Å². The Hall–Kier alpha value is -2.86. The SMILES string of the molecule is COC(=O)c1ccc(C(=O)OCC(=O)Nc2ccc(Cl)cc2C)cc1. The predicted molar refractivity (Wildman–Crippen MR) is 92.9 cm³/mol. The Bertz CT molecular complexity index is 802. The zero-order valence-electron chi connectivity index (χ0n) is 13.7.